The molecule has 8 heteroatoms. The van der Waals surface area contributed by atoms with Gasteiger partial charge in [-0.1, -0.05) is 30.9 Å². The van der Waals surface area contributed by atoms with Crippen LogP contribution in [0.4, 0.5) is 4.39 Å². The molecule has 1 fully saturated rings. The van der Waals surface area contributed by atoms with Crippen molar-refractivity contribution in [3.63, 3.8) is 0 Å². The fourth-order valence-corrected chi connectivity index (χ4v) is 4.47. The van der Waals surface area contributed by atoms with E-state index >= 15 is 0 Å². The molecule has 21 heavy (non-hydrogen) atoms. The monoisotopic (exact) mass is 335 g/mol. The standard InChI is InChI=1S/C13H15ClFNO4S/c14-10-8-9(15)4-5-11(10)21(19,20)16-13(12(17)18)6-2-1-3-7-13/h4-5,8,16H,1-3,6-7H2,(H,17,18). The number of halogens is 2. The van der Waals surface area contributed by atoms with E-state index < -0.39 is 27.3 Å². The molecule has 0 aliphatic heterocycles. The quantitative estimate of drug-likeness (QED) is 0.885. The van der Waals surface area contributed by atoms with Crippen molar-refractivity contribution in [2.75, 3.05) is 0 Å². The first-order valence-corrected chi connectivity index (χ1v) is 8.35. The second kappa shape index (κ2) is 5.90. The zero-order chi connectivity index (χ0) is 15.7. The third-order valence-electron chi connectivity index (χ3n) is 3.63. The summed E-state index contributed by atoms with van der Waals surface area (Å²) < 4.78 is 40.0. The lowest BCUT2D eigenvalue weighted by Gasteiger charge is -2.33. The molecule has 1 aliphatic carbocycles. The van der Waals surface area contributed by atoms with Crippen LogP contribution in [0.15, 0.2) is 23.1 Å². The van der Waals surface area contributed by atoms with Crippen molar-refractivity contribution in [3.8, 4) is 0 Å². The highest BCUT2D eigenvalue weighted by molar-refractivity contribution is 7.89. The minimum atomic E-state index is -4.14. The molecule has 0 atom stereocenters. The van der Waals surface area contributed by atoms with Crippen LogP contribution in [0.2, 0.25) is 5.02 Å². The van der Waals surface area contributed by atoms with Crippen LogP contribution in [0.5, 0.6) is 0 Å². The number of hydrogen-bond acceptors (Lipinski definition) is 3. The van der Waals surface area contributed by atoms with Gasteiger partial charge in [0.25, 0.3) is 0 Å². The summed E-state index contributed by atoms with van der Waals surface area (Å²) in [5.74, 6) is -1.87. The fourth-order valence-electron chi connectivity index (χ4n) is 2.52. The molecule has 1 aliphatic rings. The molecule has 5 nitrogen and oxygen atoms in total. The second-order valence-electron chi connectivity index (χ2n) is 5.13. The van der Waals surface area contributed by atoms with E-state index in [0.717, 1.165) is 24.6 Å². The van der Waals surface area contributed by atoms with Gasteiger partial charge < -0.3 is 5.11 Å². The van der Waals surface area contributed by atoms with Crippen LogP contribution in [-0.4, -0.2) is 25.0 Å². The number of carboxylic acids is 1. The Morgan fingerprint density at radius 3 is 2.43 bits per heavy atom. The van der Waals surface area contributed by atoms with E-state index in [0.29, 0.717) is 12.8 Å². The third kappa shape index (κ3) is 3.36. The van der Waals surface area contributed by atoms with Gasteiger partial charge in [-0.3, -0.25) is 4.79 Å². The average molecular weight is 336 g/mol. The molecule has 0 radical (unpaired) electrons. The molecule has 0 aromatic heterocycles. The molecule has 1 aromatic rings. The lowest BCUT2D eigenvalue weighted by atomic mass is 9.83. The predicted octanol–water partition coefficient (Wildman–Crippen LogP) is 2.54. The Kier molecular flexibility index (Phi) is 4.55. The maximum Gasteiger partial charge on any atom is 0.324 e. The number of benzene rings is 1. The molecule has 0 saturated heterocycles. The zero-order valence-electron chi connectivity index (χ0n) is 11.1. The normalized spacial score (nSPS) is 18.4. The summed E-state index contributed by atoms with van der Waals surface area (Å²) in [5, 5.41) is 9.11. The van der Waals surface area contributed by atoms with Crippen LogP contribution < -0.4 is 4.72 Å². The minimum absolute atomic E-state index is 0.223. The van der Waals surface area contributed by atoms with Crippen LogP contribution in [0.25, 0.3) is 0 Å². The van der Waals surface area contributed by atoms with Gasteiger partial charge in [-0.15, -0.1) is 0 Å². The average Bonchev–Trinajstić information content (AvgIpc) is 2.38. The van der Waals surface area contributed by atoms with Crippen LogP contribution in [0, 0.1) is 5.82 Å². The molecule has 116 valence electrons. The van der Waals surface area contributed by atoms with Gasteiger partial charge in [-0.05, 0) is 31.0 Å². The van der Waals surface area contributed by atoms with Gasteiger partial charge in [-0.25, -0.2) is 12.8 Å². The Morgan fingerprint density at radius 2 is 1.90 bits per heavy atom. The molecule has 0 bridgehead atoms. The Balaban J connectivity index is 2.37. The zero-order valence-corrected chi connectivity index (χ0v) is 12.7. The molecule has 1 saturated carbocycles. The van der Waals surface area contributed by atoms with Crippen molar-refractivity contribution < 1.29 is 22.7 Å². The molecule has 1 aromatic carbocycles. The number of sulfonamides is 1. The van der Waals surface area contributed by atoms with Crippen molar-refractivity contribution in [2.45, 2.75) is 42.5 Å². The summed E-state index contributed by atoms with van der Waals surface area (Å²) >= 11 is 5.75. The lowest BCUT2D eigenvalue weighted by Crippen LogP contribution is -2.55. The van der Waals surface area contributed by atoms with Crippen molar-refractivity contribution in [1.29, 1.82) is 0 Å². The highest BCUT2D eigenvalue weighted by Crippen LogP contribution is 2.31. The van der Waals surface area contributed by atoms with Gasteiger partial charge in [0.05, 0.1) is 5.02 Å². The van der Waals surface area contributed by atoms with E-state index in [4.69, 9.17) is 11.6 Å². The summed E-state index contributed by atoms with van der Waals surface area (Å²) in [6.07, 6.45) is 2.58. The minimum Gasteiger partial charge on any atom is -0.480 e. The summed E-state index contributed by atoms with van der Waals surface area (Å²) in [6.45, 7) is 0. The first-order chi connectivity index (χ1) is 9.77. The van der Waals surface area contributed by atoms with Crippen LogP contribution in [-0.2, 0) is 14.8 Å². The van der Waals surface area contributed by atoms with Gasteiger partial charge in [0.1, 0.15) is 16.3 Å². The van der Waals surface area contributed by atoms with Crippen LogP contribution >= 0.6 is 11.6 Å². The Labute approximate surface area is 127 Å². The topological polar surface area (TPSA) is 83.5 Å². The maximum atomic E-state index is 13.0. The van der Waals surface area contributed by atoms with Gasteiger partial charge >= 0.3 is 5.97 Å². The fraction of sp³-hybridized carbons (Fsp3) is 0.462. The van der Waals surface area contributed by atoms with E-state index in [1.54, 1.807) is 0 Å². The van der Waals surface area contributed by atoms with Crippen LogP contribution in [0.1, 0.15) is 32.1 Å². The molecule has 0 unspecified atom stereocenters. The predicted molar refractivity (Wildman–Crippen MR) is 75.2 cm³/mol. The lowest BCUT2D eigenvalue weighted by molar-refractivity contribution is -0.145. The molecule has 2 rings (SSSR count). The van der Waals surface area contributed by atoms with E-state index in [2.05, 4.69) is 4.72 Å². The molecule has 0 amide bonds. The van der Waals surface area contributed by atoms with E-state index in [-0.39, 0.29) is 22.8 Å². The maximum absolute atomic E-state index is 13.0. The van der Waals surface area contributed by atoms with Gasteiger partial charge in [0.15, 0.2) is 0 Å². The summed E-state index contributed by atoms with van der Waals surface area (Å²) in [5.41, 5.74) is -1.52. The molecule has 0 heterocycles. The summed E-state index contributed by atoms with van der Waals surface area (Å²) in [4.78, 5) is 11.2. The number of hydrogen-bond donors (Lipinski definition) is 2. The number of rotatable bonds is 4. The van der Waals surface area contributed by atoms with E-state index in [1.165, 1.54) is 0 Å². The van der Waals surface area contributed by atoms with Crippen molar-refractivity contribution >= 4 is 27.6 Å². The number of aliphatic carboxylic acids is 1. The Bertz CT molecular complexity index is 656. The molecular formula is C13H15ClFNO4S. The Hall–Kier alpha value is -1.18. The number of nitrogens with one attached hydrogen (secondary N) is 1. The van der Waals surface area contributed by atoms with Gasteiger partial charge in [-0.2, -0.15) is 4.72 Å². The highest BCUT2D eigenvalue weighted by atomic mass is 35.5. The van der Waals surface area contributed by atoms with Crippen molar-refractivity contribution in [2.24, 2.45) is 0 Å². The SMILES string of the molecule is O=C(O)C1(NS(=O)(=O)c2ccc(F)cc2Cl)CCCCC1. The van der Waals surface area contributed by atoms with Gasteiger partial charge in [0.2, 0.25) is 10.0 Å². The molecule has 2 N–H and O–H groups in total. The van der Waals surface area contributed by atoms with Crippen molar-refractivity contribution in [3.05, 3.63) is 29.0 Å². The Morgan fingerprint density at radius 1 is 1.29 bits per heavy atom. The molecular weight excluding hydrogens is 321 g/mol. The van der Waals surface area contributed by atoms with Crippen LogP contribution in [0.3, 0.4) is 0 Å². The summed E-state index contributed by atoms with van der Waals surface area (Å²) in [7, 11) is -4.14. The van der Waals surface area contributed by atoms with Gasteiger partial charge in [0, 0.05) is 0 Å². The molecule has 0 spiro atoms. The largest absolute Gasteiger partial charge is 0.480 e. The van der Waals surface area contributed by atoms with E-state index in [1.807, 2.05) is 0 Å². The van der Waals surface area contributed by atoms with E-state index in [9.17, 15) is 22.7 Å². The number of carboxylic acid groups (broad SMARTS) is 1. The first-order valence-electron chi connectivity index (χ1n) is 6.49. The smallest absolute Gasteiger partial charge is 0.324 e. The first kappa shape index (κ1) is 16.2. The number of carbonyl (C=O) groups is 1. The third-order valence-corrected chi connectivity index (χ3v) is 5.65. The van der Waals surface area contributed by atoms with Crippen molar-refractivity contribution in [1.82, 2.24) is 4.72 Å². The highest BCUT2D eigenvalue weighted by Gasteiger charge is 2.43. The summed E-state index contributed by atoms with van der Waals surface area (Å²) in [6, 6.07) is 2.87. The second-order valence-corrected chi connectivity index (χ2v) is 7.19.